The molecule has 1 heterocycles. The van der Waals surface area contributed by atoms with E-state index in [0.29, 0.717) is 0 Å². The average molecular weight is 272 g/mol. The summed E-state index contributed by atoms with van der Waals surface area (Å²) < 4.78 is 0. The first-order valence-electron chi connectivity index (χ1n) is 8.39. The minimum Gasteiger partial charge on any atom is -0.371 e. The van der Waals surface area contributed by atoms with E-state index in [4.69, 9.17) is 5.73 Å². The number of hydrogen-bond donors (Lipinski definition) is 1. The number of rotatable bonds is 3. The molecule has 1 saturated carbocycles. The van der Waals surface area contributed by atoms with Crippen molar-refractivity contribution in [3.8, 4) is 0 Å². The average Bonchev–Trinajstić information content (AvgIpc) is 2.71. The molecule has 0 atom stereocenters. The Balaban J connectivity index is 1.65. The maximum Gasteiger partial charge on any atom is 0.0398 e. The third-order valence-electron chi connectivity index (χ3n) is 5.23. The van der Waals surface area contributed by atoms with Crippen LogP contribution >= 0.6 is 0 Å². The van der Waals surface area contributed by atoms with E-state index in [0.717, 1.165) is 18.4 Å². The first-order chi connectivity index (χ1) is 9.86. The number of para-hydroxylation sites is 1. The van der Waals surface area contributed by atoms with Crippen molar-refractivity contribution in [2.75, 3.05) is 24.5 Å². The van der Waals surface area contributed by atoms with E-state index in [9.17, 15) is 0 Å². The molecule has 1 aromatic rings. The van der Waals surface area contributed by atoms with Crippen molar-refractivity contribution >= 4 is 5.69 Å². The summed E-state index contributed by atoms with van der Waals surface area (Å²) in [7, 11) is 0. The van der Waals surface area contributed by atoms with Gasteiger partial charge in [0.2, 0.25) is 0 Å². The van der Waals surface area contributed by atoms with Gasteiger partial charge < -0.3 is 10.6 Å². The summed E-state index contributed by atoms with van der Waals surface area (Å²) in [4.78, 5) is 2.66. The summed E-state index contributed by atoms with van der Waals surface area (Å²) in [6.45, 7) is 3.39. The second kappa shape index (κ2) is 6.62. The molecule has 2 heteroatoms. The molecule has 1 fully saturated rings. The van der Waals surface area contributed by atoms with E-state index in [1.54, 1.807) is 5.56 Å². The summed E-state index contributed by atoms with van der Waals surface area (Å²) in [5.74, 6) is 1.67. The zero-order chi connectivity index (χ0) is 13.8. The first-order valence-corrected chi connectivity index (χ1v) is 8.39. The number of nitrogens with zero attached hydrogens (tertiary/aromatic N) is 1. The lowest BCUT2D eigenvalue weighted by molar-refractivity contribution is 0.281. The van der Waals surface area contributed by atoms with E-state index >= 15 is 0 Å². The van der Waals surface area contributed by atoms with Crippen molar-refractivity contribution in [3.05, 3.63) is 29.8 Å². The van der Waals surface area contributed by atoms with Gasteiger partial charge in [-0.15, -0.1) is 0 Å². The normalized spacial score (nSPS) is 26.9. The molecule has 0 saturated heterocycles. The standard InChI is InChI=1S/C18H28N2/c19-13-15-8-10-16(11-9-15)14-20-12-4-3-6-17-5-1-2-7-18(17)20/h1-2,5,7,15-16H,3-4,6,8-14,19H2. The Kier molecular flexibility index (Phi) is 4.62. The highest BCUT2D eigenvalue weighted by molar-refractivity contribution is 5.54. The Morgan fingerprint density at radius 2 is 1.75 bits per heavy atom. The van der Waals surface area contributed by atoms with Gasteiger partial charge in [0.05, 0.1) is 0 Å². The van der Waals surface area contributed by atoms with Crippen LogP contribution in [-0.2, 0) is 6.42 Å². The van der Waals surface area contributed by atoms with Gasteiger partial charge in [-0.1, -0.05) is 18.2 Å². The highest BCUT2D eigenvalue weighted by Crippen LogP contribution is 2.32. The first kappa shape index (κ1) is 13.9. The van der Waals surface area contributed by atoms with Crippen LogP contribution < -0.4 is 10.6 Å². The van der Waals surface area contributed by atoms with Crippen LogP contribution in [0.3, 0.4) is 0 Å². The number of anilines is 1. The topological polar surface area (TPSA) is 29.3 Å². The molecule has 0 unspecified atom stereocenters. The largest absolute Gasteiger partial charge is 0.371 e. The molecule has 20 heavy (non-hydrogen) atoms. The van der Waals surface area contributed by atoms with Crippen molar-refractivity contribution in [2.24, 2.45) is 17.6 Å². The Labute approximate surface area is 123 Å². The summed E-state index contributed by atoms with van der Waals surface area (Å²) in [5.41, 5.74) is 8.87. The van der Waals surface area contributed by atoms with Gasteiger partial charge in [-0.2, -0.15) is 0 Å². The molecule has 1 aliphatic heterocycles. The molecule has 2 aliphatic rings. The quantitative estimate of drug-likeness (QED) is 0.911. The number of hydrogen-bond acceptors (Lipinski definition) is 2. The summed E-state index contributed by atoms with van der Waals surface area (Å²) >= 11 is 0. The van der Waals surface area contributed by atoms with Gasteiger partial charge in [-0.25, -0.2) is 0 Å². The van der Waals surface area contributed by atoms with Crippen LogP contribution in [0.4, 0.5) is 5.69 Å². The molecule has 2 N–H and O–H groups in total. The van der Waals surface area contributed by atoms with Crippen LogP contribution in [0.2, 0.25) is 0 Å². The molecule has 1 aliphatic carbocycles. The smallest absolute Gasteiger partial charge is 0.0398 e. The number of benzene rings is 1. The number of nitrogens with two attached hydrogens (primary N) is 1. The number of fused-ring (bicyclic) bond motifs is 1. The second-order valence-electron chi connectivity index (χ2n) is 6.65. The molecule has 2 nitrogen and oxygen atoms in total. The zero-order valence-corrected chi connectivity index (χ0v) is 12.6. The van der Waals surface area contributed by atoms with Crippen molar-refractivity contribution in [1.82, 2.24) is 0 Å². The van der Waals surface area contributed by atoms with Gasteiger partial charge in [0.25, 0.3) is 0 Å². The molecular weight excluding hydrogens is 244 g/mol. The van der Waals surface area contributed by atoms with E-state index in [-0.39, 0.29) is 0 Å². The van der Waals surface area contributed by atoms with Crippen LogP contribution in [0.15, 0.2) is 24.3 Å². The molecule has 1 aromatic carbocycles. The predicted octanol–water partition coefficient (Wildman–Crippen LogP) is 3.59. The fourth-order valence-electron chi connectivity index (χ4n) is 3.92. The predicted molar refractivity (Wildman–Crippen MR) is 86.1 cm³/mol. The Morgan fingerprint density at radius 3 is 2.55 bits per heavy atom. The van der Waals surface area contributed by atoms with Gasteiger partial charge in [0.1, 0.15) is 0 Å². The molecule has 0 aromatic heterocycles. The van der Waals surface area contributed by atoms with Crippen molar-refractivity contribution in [1.29, 1.82) is 0 Å². The van der Waals surface area contributed by atoms with Crippen molar-refractivity contribution in [2.45, 2.75) is 44.9 Å². The third-order valence-corrected chi connectivity index (χ3v) is 5.23. The Morgan fingerprint density at radius 1 is 1.00 bits per heavy atom. The minimum atomic E-state index is 0.794. The fourth-order valence-corrected chi connectivity index (χ4v) is 3.92. The highest BCUT2D eigenvalue weighted by Gasteiger charge is 2.23. The molecule has 3 rings (SSSR count). The molecule has 0 bridgehead atoms. The van der Waals surface area contributed by atoms with E-state index in [2.05, 4.69) is 29.2 Å². The Hall–Kier alpha value is -1.02. The second-order valence-corrected chi connectivity index (χ2v) is 6.65. The van der Waals surface area contributed by atoms with E-state index in [1.807, 2.05) is 0 Å². The lowest BCUT2D eigenvalue weighted by atomic mass is 9.82. The van der Waals surface area contributed by atoms with Gasteiger partial charge in [0, 0.05) is 18.8 Å². The summed E-state index contributed by atoms with van der Waals surface area (Å²) in [5, 5.41) is 0. The Bertz CT molecular complexity index is 421. The van der Waals surface area contributed by atoms with Crippen molar-refractivity contribution < 1.29 is 0 Å². The highest BCUT2D eigenvalue weighted by atomic mass is 15.1. The van der Waals surface area contributed by atoms with Crippen LogP contribution in [0.5, 0.6) is 0 Å². The van der Waals surface area contributed by atoms with E-state index in [1.165, 1.54) is 63.7 Å². The number of aryl methyl sites for hydroxylation is 1. The summed E-state index contributed by atoms with van der Waals surface area (Å²) in [6.07, 6.45) is 9.38. The SMILES string of the molecule is NCC1CCC(CN2CCCCc3ccccc32)CC1. The van der Waals surface area contributed by atoms with E-state index < -0.39 is 0 Å². The molecule has 110 valence electrons. The maximum absolute atomic E-state index is 5.81. The molecule has 0 amide bonds. The zero-order valence-electron chi connectivity index (χ0n) is 12.6. The molecule has 0 radical (unpaired) electrons. The minimum absolute atomic E-state index is 0.794. The van der Waals surface area contributed by atoms with Crippen LogP contribution in [-0.4, -0.2) is 19.6 Å². The van der Waals surface area contributed by atoms with Crippen molar-refractivity contribution in [3.63, 3.8) is 0 Å². The lowest BCUT2D eigenvalue weighted by Gasteiger charge is -2.33. The van der Waals surface area contributed by atoms with Crippen LogP contribution in [0, 0.1) is 11.8 Å². The van der Waals surface area contributed by atoms with Crippen LogP contribution in [0.1, 0.15) is 44.1 Å². The summed E-state index contributed by atoms with van der Waals surface area (Å²) in [6, 6.07) is 9.03. The lowest BCUT2D eigenvalue weighted by Crippen LogP contribution is -2.33. The molecule has 0 spiro atoms. The maximum atomic E-state index is 5.81. The third kappa shape index (κ3) is 3.17. The van der Waals surface area contributed by atoms with Gasteiger partial charge in [-0.05, 0) is 75.0 Å². The van der Waals surface area contributed by atoms with Crippen LogP contribution in [0.25, 0.3) is 0 Å². The fraction of sp³-hybridized carbons (Fsp3) is 0.667. The monoisotopic (exact) mass is 272 g/mol. The van der Waals surface area contributed by atoms with Gasteiger partial charge in [0.15, 0.2) is 0 Å². The van der Waals surface area contributed by atoms with Gasteiger partial charge in [-0.3, -0.25) is 0 Å². The molecular formula is C18H28N2. The van der Waals surface area contributed by atoms with Gasteiger partial charge >= 0.3 is 0 Å².